The molecular formula is C19H17N5O3. The highest BCUT2D eigenvalue weighted by Crippen LogP contribution is 2.26. The molecule has 27 heavy (non-hydrogen) atoms. The Morgan fingerprint density at radius 3 is 2.74 bits per heavy atom. The summed E-state index contributed by atoms with van der Waals surface area (Å²) < 4.78 is 8.34. The number of hydrogen-bond acceptors (Lipinski definition) is 5. The van der Waals surface area contributed by atoms with Gasteiger partial charge in [-0.15, -0.1) is 0 Å². The molecule has 0 atom stereocenters. The predicted molar refractivity (Wildman–Crippen MR) is 99.6 cm³/mol. The van der Waals surface area contributed by atoms with Crippen LogP contribution in [0.5, 0.6) is 0 Å². The number of furan rings is 1. The van der Waals surface area contributed by atoms with Crippen molar-refractivity contribution >= 4 is 28.2 Å². The Bertz CT molecular complexity index is 1210. The minimum absolute atomic E-state index is 0.316. The zero-order chi connectivity index (χ0) is 18.5. The van der Waals surface area contributed by atoms with Crippen molar-refractivity contribution in [3.8, 4) is 11.6 Å². The lowest BCUT2D eigenvalue weighted by molar-refractivity contribution is 0.210. The number of rotatable bonds is 1. The first kappa shape index (κ1) is 15.8. The van der Waals surface area contributed by atoms with Crippen LogP contribution in [0.25, 0.3) is 33.7 Å². The van der Waals surface area contributed by atoms with E-state index in [4.69, 9.17) is 4.42 Å². The molecule has 0 radical (unpaired) electrons. The zero-order valence-corrected chi connectivity index (χ0v) is 14.8. The Labute approximate surface area is 153 Å². The Morgan fingerprint density at radius 2 is 1.96 bits per heavy atom. The molecule has 1 aliphatic rings. The smallest absolute Gasteiger partial charge is 0.338 e. The van der Waals surface area contributed by atoms with Gasteiger partial charge in [-0.1, -0.05) is 18.2 Å². The molecule has 0 saturated carbocycles. The molecule has 8 nitrogen and oxygen atoms in total. The summed E-state index contributed by atoms with van der Waals surface area (Å²) in [5.41, 5.74) is 1.13. The van der Waals surface area contributed by atoms with Gasteiger partial charge in [0.25, 0.3) is 0 Å². The lowest BCUT2D eigenvalue weighted by Gasteiger charge is -2.14. The first-order valence-electron chi connectivity index (χ1n) is 8.86. The average molecular weight is 363 g/mol. The number of benzene rings is 1. The van der Waals surface area contributed by atoms with E-state index in [9.17, 15) is 9.59 Å². The number of aromatic nitrogens is 4. The van der Waals surface area contributed by atoms with Crippen molar-refractivity contribution in [2.75, 3.05) is 13.1 Å². The molecule has 4 aromatic rings. The molecule has 3 aromatic heterocycles. The van der Waals surface area contributed by atoms with Crippen LogP contribution in [0.2, 0.25) is 0 Å². The lowest BCUT2D eigenvalue weighted by Crippen LogP contribution is -2.38. The third kappa shape index (κ3) is 2.37. The largest absolute Gasteiger partial charge is 0.453 e. The van der Waals surface area contributed by atoms with E-state index in [-0.39, 0.29) is 6.03 Å². The van der Waals surface area contributed by atoms with Crippen molar-refractivity contribution in [2.45, 2.75) is 12.8 Å². The second kappa shape index (κ2) is 5.80. The van der Waals surface area contributed by atoms with Crippen LogP contribution in [0.15, 0.2) is 45.7 Å². The van der Waals surface area contributed by atoms with Crippen LogP contribution < -0.4 is 5.69 Å². The molecule has 1 amide bonds. The maximum absolute atomic E-state index is 12.8. The molecule has 1 saturated heterocycles. The molecule has 0 aliphatic carbocycles. The van der Waals surface area contributed by atoms with E-state index in [0.717, 1.165) is 28.4 Å². The maximum atomic E-state index is 12.8. The molecule has 0 spiro atoms. The average Bonchev–Trinajstić information content (AvgIpc) is 3.41. The summed E-state index contributed by atoms with van der Waals surface area (Å²) in [5, 5.41) is 0.951. The van der Waals surface area contributed by atoms with Crippen molar-refractivity contribution in [1.82, 2.24) is 24.0 Å². The van der Waals surface area contributed by atoms with Crippen LogP contribution in [0.3, 0.4) is 0 Å². The normalized spacial score (nSPS) is 14.5. The fourth-order valence-corrected chi connectivity index (χ4v) is 3.56. The Balaban J connectivity index is 1.65. The molecule has 1 aromatic carbocycles. The summed E-state index contributed by atoms with van der Waals surface area (Å²) in [6, 6.07) is 9.19. The summed E-state index contributed by atoms with van der Waals surface area (Å²) in [5.74, 6) is 0.893. The van der Waals surface area contributed by atoms with E-state index >= 15 is 0 Å². The van der Waals surface area contributed by atoms with E-state index in [1.807, 2.05) is 30.3 Å². The molecule has 1 fully saturated rings. The van der Waals surface area contributed by atoms with Gasteiger partial charge in [0.2, 0.25) is 0 Å². The van der Waals surface area contributed by atoms with Crippen LogP contribution in [0.1, 0.15) is 12.8 Å². The second-order valence-corrected chi connectivity index (χ2v) is 6.70. The van der Waals surface area contributed by atoms with Crippen LogP contribution >= 0.6 is 0 Å². The van der Waals surface area contributed by atoms with E-state index in [1.165, 1.54) is 10.8 Å². The monoisotopic (exact) mass is 363 g/mol. The molecule has 5 rings (SSSR count). The molecule has 136 valence electrons. The standard InChI is InChI=1S/C19H17N5O3/c1-22-17-13(24(18(22)25)19(26)23-8-4-5-9-23)11-20-16(21-17)15-10-12-6-2-3-7-14(12)27-15/h2-3,6-7,10-11H,4-5,8-9H2,1H3. The molecule has 8 heteroatoms. The van der Waals surface area contributed by atoms with Crippen molar-refractivity contribution in [1.29, 1.82) is 0 Å². The highest BCUT2D eigenvalue weighted by Gasteiger charge is 2.25. The van der Waals surface area contributed by atoms with Gasteiger partial charge in [-0.3, -0.25) is 4.57 Å². The third-order valence-corrected chi connectivity index (χ3v) is 5.00. The van der Waals surface area contributed by atoms with E-state index in [1.54, 1.807) is 11.9 Å². The highest BCUT2D eigenvalue weighted by atomic mass is 16.3. The first-order valence-corrected chi connectivity index (χ1v) is 8.86. The number of fused-ring (bicyclic) bond motifs is 2. The van der Waals surface area contributed by atoms with Gasteiger partial charge < -0.3 is 9.32 Å². The van der Waals surface area contributed by atoms with Gasteiger partial charge in [0.05, 0.1) is 6.20 Å². The van der Waals surface area contributed by atoms with Gasteiger partial charge >= 0.3 is 11.7 Å². The molecule has 0 N–H and O–H groups in total. The number of hydrogen-bond donors (Lipinski definition) is 0. The summed E-state index contributed by atoms with van der Waals surface area (Å²) in [4.78, 5) is 36.0. The number of amides is 1. The quantitative estimate of drug-likeness (QED) is 0.519. The molecule has 0 bridgehead atoms. The second-order valence-electron chi connectivity index (χ2n) is 6.70. The minimum atomic E-state index is -0.419. The predicted octanol–water partition coefficient (Wildman–Crippen LogP) is 2.61. The summed E-state index contributed by atoms with van der Waals surface area (Å²) in [7, 11) is 1.61. The highest BCUT2D eigenvalue weighted by molar-refractivity contribution is 5.88. The minimum Gasteiger partial charge on any atom is -0.453 e. The van der Waals surface area contributed by atoms with Crippen molar-refractivity contribution in [3.05, 3.63) is 47.0 Å². The van der Waals surface area contributed by atoms with E-state index in [0.29, 0.717) is 35.8 Å². The number of para-hydroxylation sites is 1. The van der Waals surface area contributed by atoms with Crippen molar-refractivity contribution in [3.63, 3.8) is 0 Å². The number of carbonyl (C=O) groups excluding carboxylic acids is 1. The van der Waals surface area contributed by atoms with Gasteiger partial charge in [0, 0.05) is 25.5 Å². The number of aryl methyl sites for hydroxylation is 1. The van der Waals surface area contributed by atoms with Crippen molar-refractivity contribution in [2.24, 2.45) is 7.05 Å². The van der Waals surface area contributed by atoms with Crippen LogP contribution in [0.4, 0.5) is 4.79 Å². The molecular weight excluding hydrogens is 346 g/mol. The van der Waals surface area contributed by atoms with E-state index < -0.39 is 5.69 Å². The van der Waals surface area contributed by atoms with Gasteiger partial charge in [-0.2, -0.15) is 0 Å². The fraction of sp³-hybridized carbons (Fsp3) is 0.263. The Kier molecular flexibility index (Phi) is 3.40. The van der Waals surface area contributed by atoms with Gasteiger partial charge in [0.15, 0.2) is 17.2 Å². The number of imidazole rings is 1. The molecule has 4 heterocycles. The third-order valence-electron chi connectivity index (χ3n) is 5.00. The van der Waals surface area contributed by atoms with Crippen LogP contribution in [-0.4, -0.2) is 43.1 Å². The van der Waals surface area contributed by atoms with Gasteiger partial charge in [0.1, 0.15) is 11.1 Å². The summed E-state index contributed by atoms with van der Waals surface area (Å²) >= 11 is 0. The lowest BCUT2D eigenvalue weighted by atomic mass is 10.2. The fourth-order valence-electron chi connectivity index (χ4n) is 3.56. The number of carbonyl (C=O) groups is 1. The topological polar surface area (TPSA) is 86.2 Å². The zero-order valence-electron chi connectivity index (χ0n) is 14.8. The molecule has 0 unspecified atom stereocenters. The van der Waals surface area contributed by atoms with Crippen LogP contribution in [-0.2, 0) is 7.05 Å². The Morgan fingerprint density at radius 1 is 1.19 bits per heavy atom. The maximum Gasteiger partial charge on any atom is 0.338 e. The summed E-state index contributed by atoms with van der Waals surface area (Å²) in [6.07, 6.45) is 3.43. The summed E-state index contributed by atoms with van der Waals surface area (Å²) in [6.45, 7) is 1.33. The Hall–Kier alpha value is -3.42. The van der Waals surface area contributed by atoms with E-state index in [2.05, 4.69) is 9.97 Å². The van der Waals surface area contributed by atoms with Gasteiger partial charge in [-0.05, 0) is 25.0 Å². The number of nitrogens with zero attached hydrogens (tertiary/aromatic N) is 5. The first-order chi connectivity index (χ1) is 13.1. The molecule has 1 aliphatic heterocycles. The van der Waals surface area contributed by atoms with Crippen molar-refractivity contribution < 1.29 is 9.21 Å². The van der Waals surface area contributed by atoms with Gasteiger partial charge in [-0.25, -0.2) is 24.1 Å². The SMILES string of the molecule is Cn1c(=O)n(C(=O)N2CCCC2)c2cnc(-c3cc4ccccc4o3)nc21. The number of likely N-dealkylation sites (tertiary alicyclic amines) is 1. The van der Waals surface area contributed by atoms with Crippen LogP contribution in [0, 0.1) is 0 Å².